The molecule has 0 bridgehead atoms. The van der Waals surface area contributed by atoms with Gasteiger partial charge in [-0.2, -0.15) is 10.1 Å². The largest absolute Gasteiger partial charge is 0.354 e. The summed E-state index contributed by atoms with van der Waals surface area (Å²) in [4.78, 5) is 19.1. The SMILES string of the molecule is CCCNc1nc(C)c([N+](=O)[O-])c(-n2cc(I)cn2)n1. The van der Waals surface area contributed by atoms with Gasteiger partial charge in [0, 0.05) is 12.7 Å². The molecule has 9 heteroatoms. The van der Waals surface area contributed by atoms with Crippen LogP contribution in [-0.4, -0.2) is 31.2 Å². The zero-order valence-electron chi connectivity index (χ0n) is 11.0. The van der Waals surface area contributed by atoms with E-state index in [0.29, 0.717) is 18.2 Å². The molecule has 0 spiro atoms. The van der Waals surface area contributed by atoms with Crippen molar-refractivity contribution in [2.75, 3.05) is 11.9 Å². The average molecular weight is 388 g/mol. The summed E-state index contributed by atoms with van der Waals surface area (Å²) in [5.74, 6) is 0.541. The van der Waals surface area contributed by atoms with E-state index in [9.17, 15) is 10.1 Å². The first-order chi connectivity index (χ1) is 9.52. The normalized spacial score (nSPS) is 10.6. The molecule has 0 aliphatic heterocycles. The van der Waals surface area contributed by atoms with E-state index in [2.05, 4.69) is 43.0 Å². The molecule has 0 fully saturated rings. The molecular formula is C11H13IN6O2. The molecule has 2 aromatic heterocycles. The molecule has 0 atom stereocenters. The summed E-state index contributed by atoms with van der Waals surface area (Å²) in [6, 6.07) is 0. The number of hydrogen-bond acceptors (Lipinski definition) is 6. The highest BCUT2D eigenvalue weighted by molar-refractivity contribution is 14.1. The summed E-state index contributed by atoms with van der Waals surface area (Å²) in [7, 11) is 0. The number of nitro groups is 1. The Balaban J connectivity index is 2.55. The summed E-state index contributed by atoms with van der Waals surface area (Å²) in [5.41, 5.74) is 0.177. The van der Waals surface area contributed by atoms with Crippen molar-refractivity contribution in [3.05, 3.63) is 31.8 Å². The van der Waals surface area contributed by atoms with Crippen LogP contribution in [0.15, 0.2) is 12.4 Å². The van der Waals surface area contributed by atoms with Gasteiger partial charge in [-0.3, -0.25) is 10.1 Å². The Morgan fingerprint density at radius 1 is 1.50 bits per heavy atom. The van der Waals surface area contributed by atoms with E-state index >= 15 is 0 Å². The van der Waals surface area contributed by atoms with E-state index in [0.717, 1.165) is 9.99 Å². The lowest BCUT2D eigenvalue weighted by molar-refractivity contribution is -0.385. The van der Waals surface area contributed by atoms with Crippen LogP contribution >= 0.6 is 22.6 Å². The first-order valence-electron chi connectivity index (χ1n) is 6.00. The van der Waals surface area contributed by atoms with Crippen molar-refractivity contribution in [3.63, 3.8) is 0 Å². The molecule has 0 unspecified atom stereocenters. The molecule has 20 heavy (non-hydrogen) atoms. The maximum atomic E-state index is 11.2. The van der Waals surface area contributed by atoms with E-state index in [-0.39, 0.29) is 11.5 Å². The molecule has 0 aromatic carbocycles. The first kappa shape index (κ1) is 14.6. The van der Waals surface area contributed by atoms with E-state index in [1.165, 1.54) is 4.68 Å². The molecule has 2 rings (SSSR count). The monoisotopic (exact) mass is 388 g/mol. The number of rotatable bonds is 5. The average Bonchev–Trinajstić information content (AvgIpc) is 2.81. The summed E-state index contributed by atoms with van der Waals surface area (Å²) < 4.78 is 2.27. The lowest BCUT2D eigenvalue weighted by Gasteiger charge is -2.08. The number of anilines is 1. The van der Waals surface area contributed by atoms with Crippen LogP contribution in [0.5, 0.6) is 0 Å². The van der Waals surface area contributed by atoms with Gasteiger partial charge in [0.1, 0.15) is 5.69 Å². The number of hydrogen-bond donors (Lipinski definition) is 1. The second kappa shape index (κ2) is 6.11. The minimum atomic E-state index is -0.483. The molecule has 2 aromatic rings. The van der Waals surface area contributed by atoms with E-state index < -0.39 is 4.92 Å². The highest BCUT2D eigenvalue weighted by atomic mass is 127. The number of nitrogens with zero attached hydrogens (tertiary/aromatic N) is 5. The van der Waals surface area contributed by atoms with Crippen molar-refractivity contribution in [1.82, 2.24) is 19.7 Å². The standard InChI is InChI=1S/C11H13IN6O2/c1-3-4-13-11-15-7(2)9(18(19)20)10(16-11)17-6-8(12)5-14-17/h5-6H,3-4H2,1-2H3,(H,13,15,16). The predicted octanol–water partition coefficient (Wildman–Crippen LogP) is 2.31. The van der Waals surface area contributed by atoms with Crippen LogP contribution in [0.3, 0.4) is 0 Å². The molecule has 106 valence electrons. The summed E-state index contributed by atoms with van der Waals surface area (Å²) in [6.45, 7) is 4.31. The maximum Gasteiger partial charge on any atom is 0.334 e. The number of aromatic nitrogens is 4. The van der Waals surface area contributed by atoms with Gasteiger partial charge >= 0.3 is 5.69 Å². The van der Waals surface area contributed by atoms with Gasteiger partial charge in [0.15, 0.2) is 0 Å². The molecular weight excluding hydrogens is 375 g/mol. The fourth-order valence-electron chi connectivity index (χ4n) is 1.66. The lowest BCUT2D eigenvalue weighted by atomic mass is 10.3. The van der Waals surface area contributed by atoms with Gasteiger partial charge in [-0.1, -0.05) is 6.92 Å². The molecule has 1 N–H and O–H groups in total. The third kappa shape index (κ3) is 3.03. The molecule has 0 amide bonds. The van der Waals surface area contributed by atoms with Gasteiger partial charge < -0.3 is 5.32 Å². The van der Waals surface area contributed by atoms with Crippen molar-refractivity contribution >= 4 is 34.2 Å². The van der Waals surface area contributed by atoms with Crippen molar-refractivity contribution in [2.24, 2.45) is 0 Å². The van der Waals surface area contributed by atoms with Gasteiger partial charge in [0.05, 0.1) is 14.7 Å². The van der Waals surface area contributed by atoms with Crippen molar-refractivity contribution < 1.29 is 4.92 Å². The first-order valence-corrected chi connectivity index (χ1v) is 7.08. The fourth-order valence-corrected chi connectivity index (χ4v) is 2.05. The van der Waals surface area contributed by atoms with Gasteiger partial charge in [-0.15, -0.1) is 0 Å². The number of aryl methyl sites for hydroxylation is 1. The van der Waals surface area contributed by atoms with Crippen LogP contribution in [0.25, 0.3) is 5.82 Å². The van der Waals surface area contributed by atoms with Crippen molar-refractivity contribution in [2.45, 2.75) is 20.3 Å². The van der Waals surface area contributed by atoms with Gasteiger partial charge in [0.2, 0.25) is 11.8 Å². The summed E-state index contributed by atoms with van der Waals surface area (Å²) in [5, 5.41) is 18.3. The van der Waals surface area contributed by atoms with E-state index in [1.54, 1.807) is 19.3 Å². The molecule has 0 radical (unpaired) electrons. The summed E-state index contributed by atoms with van der Waals surface area (Å²) >= 11 is 2.08. The highest BCUT2D eigenvalue weighted by Gasteiger charge is 2.24. The third-order valence-electron chi connectivity index (χ3n) is 2.52. The minimum Gasteiger partial charge on any atom is -0.354 e. The van der Waals surface area contributed by atoms with Crippen LogP contribution in [0.1, 0.15) is 19.0 Å². The second-order valence-corrected chi connectivity index (χ2v) is 5.34. The van der Waals surface area contributed by atoms with E-state index in [1.807, 2.05) is 6.92 Å². The quantitative estimate of drug-likeness (QED) is 0.480. The maximum absolute atomic E-state index is 11.2. The smallest absolute Gasteiger partial charge is 0.334 e. The Morgan fingerprint density at radius 3 is 2.80 bits per heavy atom. The molecule has 0 saturated carbocycles. The lowest BCUT2D eigenvalue weighted by Crippen LogP contribution is -2.12. The Labute approximate surface area is 128 Å². The Kier molecular flexibility index (Phi) is 4.47. The minimum absolute atomic E-state index is 0.133. The molecule has 0 aliphatic carbocycles. The molecule has 8 nitrogen and oxygen atoms in total. The summed E-state index contributed by atoms with van der Waals surface area (Å²) in [6.07, 6.45) is 4.20. The fraction of sp³-hybridized carbons (Fsp3) is 0.364. The molecule has 2 heterocycles. The molecule has 0 aliphatic rings. The predicted molar refractivity (Wildman–Crippen MR) is 82.0 cm³/mol. The van der Waals surface area contributed by atoms with Gasteiger partial charge in [-0.05, 0) is 35.9 Å². The van der Waals surface area contributed by atoms with Gasteiger partial charge in [0.25, 0.3) is 0 Å². The van der Waals surface area contributed by atoms with Crippen LogP contribution in [0.4, 0.5) is 11.6 Å². The van der Waals surface area contributed by atoms with Gasteiger partial charge in [-0.25, -0.2) is 9.67 Å². The molecule has 0 saturated heterocycles. The van der Waals surface area contributed by atoms with Crippen molar-refractivity contribution in [3.8, 4) is 5.82 Å². The zero-order valence-corrected chi connectivity index (χ0v) is 13.2. The highest BCUT2D eigenvalue weighted by Crippen LogP contribution is 2.25. The van der Waals surface area contributed by atoms with Crippen LogP contribution in [-0.2, 0) is 0 Å². The van der Waals surface area contributed by atoms with Crippen LogP contribution in [0, 0.1) is 20.6 Å². The number of halogens is 1. The van der Waals surface area contributed by atoms with E-state index in [4.69, 9.17) is 0 Å². The van der Waals surface area contributed by atoms with Crippen molar-refractivity contribution in [1.29, 1.82) is 0 Å². The van der Waals surface area contributed by atoms with Crippen LogP contribution in [0.2, 0.25) is 0 Å². The number of nitrogens with one attached hydrogen (secondary N) is 1. The Hall–Kier alpha value is -1.78. The third-order valence-corrected chi connectivity index (χ3v) is 3.08. The Morgan fingerprint density at radius 2 is 2.25 bits per heavy atom. The van der Waals surface area contributed by atoms with Crippen LogP contribution < -0.4 is 5.32 Å². The zero-order chi connectivity index (χ0) is 14.7. The Bertz CT molecular complexity index is 642. The topological polar surface area (TPSA) is 98.8 Å². The second-order valence-electron chi connectivity index (χ2n) is 4.09.